The summed E-state index contributed by atoms with van der Waals surface area (Å²) < 4.78 is 2.29. The third kappa shape index (κ3) is 1.38. The predicted molar refractivity (Wildman–Crippen MR) is 65.2 cm³/mol. The van der Waals surface area contributed by atoms with Crippen LogP contribution in [0.2, 0.25) is 0 Å². The number of hydrogen-bond acceptors (Lipinski definition) is 3. The molecule has 3 rings (SSSR count). The molecule has 1 heterocycles. The molecule has 1 saturated carbocycles. The summed E-state index contributed by atoms with van der Waals surface area (Å²) >= 11 is 0. The van der Waals surface area contributed by atoms with Gasteiger partial charge in [-0.2, -0.15) is 0 Å². The maximum absolute atomic E-state index is 6.04. The van der Waals surface area contributed by atoms with Crippen molar-refractivity contribution >= 4 is 16.7 Å². The molecule has 1 fully saturated rings. The molecular formula is C12H16N4. The van der Waals surface area contributed by atoms with Gasteiger partial charge < -0.3 is 16.0 Å². The quantitative estimate of drug-likeness (QED) is 0.763. The zero-order chi connectivity index (χ0) is 11.1. The van der Waals surface area contributed by atoms with Gasteiger partial charge in [-0.15, -0.1) is 0 Å². The molecule has 4 N–H and O–H groups in total. The first-order chi connectivity index (χ1) is 7.81. The van der Waals surface area contributed by atoms with Crippen LogP contribution in [0.1, 0.15) is 24.7 Å². The van der Waals surface area contributed by atoms with Gasteiger partial charge in [-0.3, -0.25) is 0 Å². The van der Waals surface area contributed by atoms with Gasteiger partial charge in [-0.1, -0.05) is 6.07 Å². The van der Waals surface area contributed by atoms with Crippen LogP contribution in [0.4, 0.5) is 5.69 Å². The Labute approximate surface area is 94.3 Å². The molecule has 0 spiro atoms. The number of aromatic nitrogens is 2. The van der Waals surface area contributed by atoms with Gasteiger partial charge in [0, 0.05) is 12.5 Å². The molecule has 0 unspecified atom stereocenters. The summed E-state index contributed by atoms with van der Waals surface area (Å²) in [5.41, 5.74) is 14.6. The van der Waals surface area contributed by atoms with Crippen LogP contribution < -0.4 is 11.5 Å². The first-order valence-corrected chi connectivity index (χ1v) is 5.76. The van der Waals surface area contributed by atoms with E-state index in [1.807, 2.05) is 18.2 Å². The summed E-state index contributed by atoms with van der Waals surface area (Å²) in [6.07, 6.45) is 3.29. The summed E-state index contributed by atoms with van der Waals surface area (Å²) in [4.78, 5) is 4.63. The van der Waals surface area contributed by atoms with E-state index in [0.29, 0.717) is 12.6 Å². The molecule has 1 aliphatic carbocycles. The second kappa shape index (κ2) is 3.49. The van der Waals surface area contributed by atoms with Crippen LogP contribution >= 0.6 is 0 Å². The van der Waals surface area contributed by atoms with Crippen LogP contribution in [0, 0.1) is 0 Å². The first-order valence-electron chi connectivity index (χ1n) is 5.76. The van der Waals surface area contributed by atoms with E-state index in [0.717, 1.165) is 29.0 Å². The van der Waals surface area contributed by atoms with E-state index in [-0.39, 0.29) is 0 Å². The van der Waals surface area contributed by atoms with E-state index in [9.17, 15) is 0 Å². The van der Waals surface area contributed by atoms with E-state index in [4.69, 9.17) is 11.5 Å². The highest BCUT2D eigenvalue weighted by Crippen LogP contribution is 2.40. The second-order valence-corrected chi connectivity index (χ2v) is 4.38. The summed E-state index contributed by atoms with van der Waals surface area (Å²) in [5, 5.41) is 0. The topological polar surface area (TPSA) is 69.9 Å². The lowest BCUT2D eigenvalue weighted by molar-refractivity contribution is 0.696. The number of rotatable bonds is 3. The highest BCUT2D eigenvalue weighted by molar-refractivity contribution is 5.88. The Balaban J connectivity index is 2.25. The maximum atomic E-state index is 6.04. The lowest BCUT2D eigenvalue weighted by atomic mass is 10.2. The Hall–Kier alpha value is -1.55. The molecule has 1 aromatic carbocycles. The zero-order valence-corrected chi connectivity index (χ0v) is 9.19. The van der Waals surface area contributed by atoms with Crippen LogP contribution in [0.25, 0.3) is 11.0 Å². The molecule has 84 valence electrons. The second-order valence-electron chi connectivity index (χ2n) is 4.38. The molecule has 1 aromatic heterocycles. The number of anilines is 1. The Morgan fingerprint density at radius 3 is 2.88 bits per heavy atom. The van der Waals surface area contributed by atoms with Crippen molar-refractivity contribution in [1.82, 2.24) is 9.55 Å². The van der Waals surface area contributed by atoms with Gasteiger partial charge in [0.25, 0.3) is 0 Å². The standard InChI is InChI=1S/C12H16N4/c13-7-6-11-15-10-3-1-2-9(14)12(10)16(11)8-4-5-8/h1-3,8H,4-7,13-14H2. The predicted octanol–water partition coefficient (Wildman–Crippen LogP) is 1.45. The minimum absolute atomic E-state index is 0.594. The summed E-state index contributed by atoms with van der Waals surface area (Å²) in [5.74, 6) is 1.08. The molecule has 2 aromatic rings. The van der Waals surface area contributed by atoms with Crippen LogP contribution in [-0.2, 0) is 6.42 Å². The molecule has 0 aliphatic heterocycles. The Bertz CT molecular complexity index is 525. The average Bonchev–Trinajstić information content (AvgIpc) is 3.02. The lowest BCUT2D eigenvalue weighted by Gasteiger charge is -2.07. The van der Waals surface area contributed by atoms with Crippen LogP contribution in [0.15, 0.2) is 18.2 Å². The molecule has 4 heteroatoms. The lowest BCUT2D eigenvalue weighted by Crippen LogP contribution is -2.09. The van der Waals surface area contributed by atoms with E-state index in [2.05, 4.69) is 9.55 Å². The molecule has 16 heavy (non-hydrogen) atoms. The van der Waals surface area contributed by atoms with Gasteiger partial charge in [-0.25, -0.2) is 4.98 Å². The fourth-order valence-corrected chi connectivity index (χ4v) is 2.25. The van der Waals surface area contributed by atoms with E-state index < -0.39 is 0 Å². The van der Waals surface area contributed by atoms with E-state index in [1.165, 1.54) is 12.8 Å². The van der Waals surface area contributed by atoms with E-state index in [1.54, 1.807) is 0 Å². The SMILES string of the molecule is NCCc1nc2cccc(N)c2n1C1CC1. The molecule has 4 nitrogen and oxygen atoms in total. The van der Waals surface area contributed by atoms with Gasteiger partial charge in [0.1, 0.15) is 5.82 Å². The van der Waals surface area contributed by atoms with Crippen LogP contribution in [0.5, 0.6) is 0 Å². The van der Waals surface area contributed by atoms with Crippen molar-refractivity contribution in [2.24, 2.45) is 5.73 Å². The summed E-state index contributed by atoms with van der Waals surface area (Å²) in [7, 11) is 0. The first kappa shape index (κ1) is 9.66. The van der Waals surface area contributed by atoms with Gasteiger partial charge in [0.2, 0.25) is 0 Å². The molecule has 0 saturated heterocycles. The number of nitrogens with zero attached hydrogens (tertiary/aromatic N) is 2. The molecule has 0 radical (unpaired) electrons. The molecule has 1 aliphatic rings. The van der Waals surface area contributed by atoms with Crippen LogP contribution in [-0.4, -0.2) is 16.1 Å². The average molecular weight is 216 g/mol. The summed E-state index contributed by atoms with van der Waals surface area (Å²) in [6.45, 7) is 0.635. The molecule has 0 atom stereocenters. The highest BCUT2D eigenvalue weighted by atomic mass is 15.1. The summed E-state index contributed by atoms with van der Waals surface area (Å²) in [6, 6.07) is 6.50. The fraction of sp³-hybridized carbons (Fsp3) is 0.417. The largest absolute Gasteiger partial charge is 0.397 e. The minimum Gasteiger partial charge on any atom is -0.397 e. The molecule has 0 amide bonds. The monoisotopic (exact) mass is 216 g/mol. The van der Waals surface area contributed by atoms with Gasteiger partial charge in [0.15, 0.2) is 0 Å². The number of fused-ring (bicyclic) bond motifs is 1. The number of para-hydroxylation sites is 1. The Morgan fingerprint density at radius 1 is 1.38 bits per heavy atom. The number of nitrogen functional groups attached to an aromatic ring is 1. The van der Waals surface area contributed by atoms with Crippen molar-refractivity contribution in [3.05, 3.63) is 24.0 Å². The zero-order valence-electron chi connectivity index (χ0n) is 9.19. The number of imidazole rings is 1. The number of nitrogens with two attached hydrogens (primary N) is 2. The maximum Gasteiger partial charge on any atom is 0.111 e. The van der Waals surface area contributed by atoms with Crippen molar-refractivity contribution < 1.29 is 0 Å². The van der Waals surface area contributed by atoms with Crippen LogP contribution in [0.3, 0.4) is 0 Å². The van der Waals surface area contributed by atoms with Crippen molar-refractivity contribution in [2.75, 3.05) is 12.3 Å². The molecular weight excluding hydrogens is 200 g/mol. The normalized spacial score (nSPS) is 15.8. The number of hydrogen-bond donors (Lipinski definition) is 2. The smallest absolute Gasteiger partial charge is 0.111 e. The van der Waals surface area contributed by atoms with Crippen molar-refractivity contribution in [3.63, 3.8) is 0 Å². The third-order valence-electron chi connectivity index (χ3n) is 3.09. The number of benzene rings is 1. The Morgan fingerprint density at radius 2 is 2.19 bits per heavy atom. The minimum atomic E-state index is 0.594. The highest BCUT2D eigenvalue weighted by Gasteiger charge is 2.28. The molecule has 0 bridgehead atoms. The van der Waals surface area contributed by atoms with Gasteiger partial charge in [-0.05, 0) is 31.5 Å². The van der Waals surface area contributed by atoms with Crippen molar-refractivity contribution in [3.8, 4) is 0 Å². The Kier molecular flexibility index (Phi) is 2.11. The van der Waals surface area contributed by atoms with Crippen molar-refractivity contribution in [2.45, 2.75) is 25.3 Å². The third-order valence-corrected chi connectivity index (χ3v) is 3.09. The van der Waals surface area contributed by atoms with Gasteiger partial charge >= 0.3 is 0 Å². The van der Waals surface area contributed by atoms with Gasteiger partial charge in [0.05, 0.1) is 16.7 Å². The van der Waals surface area contributed by atoms with Crippen molar-refractivity contribution in [1.29, 1.82) is 0 Å². The van der Waals surface area contributed by atoms with E-state index >= 15 is 0 Å². The fourth-order valence-electron chi connectivity index (χ4n) is 2.25.